The molecule has 0 radical (unpaired) electrons. The van der Waals surface area contributed by atoms with E-state index in [1.54, 1.807) is 0 Å². The van der Waals surface area contributed by atoms with Gasteiger partial charge in [0.2, 0.25) is 0 Å². The van der Waals surface area contributed by atoms with Crippen LogP contribution in [-0.4, -0.2) is 9.55 Å². The summed E-state index contributed by atoms with van der Waals surface area (Å²) in [4.78, 5) is 4.86. The molecule has 0 atom stereocenters. The van der Waals surface area contributed by atoms with Crippen molar-refractivity contribution < 1.29 is 0 Å². The molecule has 2 nitrogen and oxygen atoms in total. The maximum Gasteiger partial charge on any atom is 0.0715 e. The fourth-order valence-electron chi connectivity index (χ4n) is 3.82. The summed E-state index contributed by atoms with van der Waals surface area (Å²) in [7, 11) is 0. The van der Waals surface area contributed by atoms with E-state index in [9.17, 15) is 0 Å². The predicted octanol–water partition coefficient (Wildman–Crippen LogP) is 6.18. The van der Waals surface area contributed by atoms with E-state index >= 15 is 0 Å². The minimum atomic E-state index is 0.872. The molecule has 4 rings (SSSR count). The molecule has 0 saturated carbocycles. The van der Waals surface area contributed by atoms with Gasteiger partial charge in [-0.2, -0.15) is 0 Å². The summed E-state index contributed by atoms with van der Waals surface area (Å²) in [6, 6.07) is 19.8. The van der Waals surface area contributed by atoms with E-state index in [2.05, 4.69) is 86.1 Å². The quantitative estimate of drug-likeness (QED) is 0.418. The van der Waals surface area contributed by atoms with E-state index < -0.39 is 0 Å². The first-order valence-electron chi connectivity index (χ1n) is 9.81. The molecule has 2 heterocycles. The van der Waals surface area contributed by atoms with Crippen LogP contribution in [0.1, 0.15) is 36.1 Å². The van der Waals surface area contributed by atoms with Crippen LogP contribution in [0.2, 0.25) is 0 Å². The van der Waals surface area contributed by atoms with Crippen molar-refractivity contribution in [2.45, 2.75) is 40.2 Å². The molecule has 0 fully saturated rings. The van der Waals surface area contributed by atoms with Gasteiger partial charge in [0, 0.05) is 23.7 Å². The summed E-state index contributed by atoms with van der Waals surface area (Å²) >= 11 is 0. The predicted molar refractivity (Wildman–Crippen MR) is 114 cm³/mol. The molecule has 0 aliphatic rings. The molecular formula is C25H26N2. The monoisotopic (exact) mass is 354 g/mol. The van der Waals surface area contributed by atoms with Gasteiger partial charge < -0.3 is 4.57 Å². The zero-order valence-corrected chi connectivity index (χ0v) is 16.4. The van der Waals surface area contributed by atoms with Gasteiger partial charge in [0.15, 0.2) is 0 Å². The Balaban J connectivity index is 1.74. The third-order valence-corrected chi connectivity index (χ3v) is 5.39. The molecule has 0 unspecified atom stereocenters. The zero-order chi connectivity index (χ0) is 18.8. The molecular weight excluding hydrogens is 328 g/mol. The van der Waals surface area contributed by atoms with E-state index in [-0.39, 0.29) is 0 Å². The summed E-state index contributed by atoms with van der Waals surface area (Å²) in [5.74, 6) is 0. The highest BCUT2D eigenvalue weighted by Crippen LogP contribution is 2.30. The Hall–Kier alpha value is -2.87. The van der Waals surface area contributed by atoms with E-state index in [0.717, 1.165) is 25.1 Å². The molecule has 0 aliphatic heterocycles. The number of aromatic nitrogens is 2. The standard InChI is InChI=1S/C25H26N2/c1-4-20-7-6-8-21(5-2)25(20)23-15-22-13-14-27(24(22)16-26-23)17-19-11-9-18(3)10-12-19/h6-16H,4-5,17H2,1-3H3. The number of nitrogens with zero attached hydrogens (tertiary/aromatic N) is 2. The molecule has 0 saturated heterocycles. The Morgan fingerprint density at radius 2 is 1.59 bits per heavy atom. The van der Waals surface area contributed by atoms with Crippen molar-refractivity contribution in [2.24, 2.45) is 0 Å². The fourth-order valence-corrected chi connectivity index (χ4v) is 3.82. The second-order valence-electron chi connectivity index (χ2n) is 7.22. The molecule has 0 spiro atoms. The van der Waals surface area contributed by atoms with Crippen LogP contribution in [0.5, 0.6) is 0 Å². The molecule has 0 amide bonds. The van der Waals surface area contributed by atoms with Gasteiger partial charge in [-0.15, -0.1) is 0 Å². The smallest absolute Gasteiger partial charge is 0.0715 e. The van der Waals surface area contributed by atoms with Crippen LogP contribution >= 0.6 is 0 Å². The normalized spacial score (nSPS) is 11.2. The van der Waals surface area contributed by atoms with Crippen LogP contribution < -0.4 is 0 Å². The molecule has 0 N–H and O–H groups in total. The van der Waals surface area contributed by atoms with Gasteiger partial charge in [0.25, 0.3) is 0 Å². The summed E-state index contributed by atoms with van der Waals surface area (Å²) in [5.41, 5.74) is 8.95. The minimum Gasteiger partial charge on any atom is -0.342 e. The van der Waals surface area contributed by atoms with Gasteiger partial charge in [0.05, 0.1) is 17.4 Å². The van der Waals surface area contributed by atoms with Crippen molar-refractivity contribution >= 4 is 10.9 Å². The maximum atomic E-state index is 4.86. The lowest BCUT2D eigenvalue weighted by molar-refractivity contribution is 0.835. The number of fused-ring (bicyclic) bond motifs is 1. The van der Waals surface area contributed by atoms with E-state index in [1.807, 2.05) is 6.20 Å². The summed E-state index contributed by atoms with van der Waals surface area (Å²) < 4.78 is 2.28. The van der Waals surface area contributed by atoms with Crippen LogP contribution in [0.15, 0.2) is 67.0 Å². The second kappa shape index (κ2) is 7.40. The fraction of sp³-hybridized carbons (Fsp3) is 0.240. The SMILES string of the molecule is CCc1cccc(CC)c1-c1cc2ccn(Cc3ccc(C)cc3)c2cn1. The maximum absolute atomic E-state index is 4.86. The first-order chi connectivity index (χ1) is 13.2. The average Bonchev–Trinajstić information content (AvgIpc) is 3.11. The van der Waals surface area contributed by atoms with Crippen LogP contribution in [0.4, 0.5) is 0 Å². The van der Waals surface area contributed by atoms with Gasteiger partial charge in [-0.1, -0.05) is 61.9 Å². The van der Waals surface area contributed by atoms with Gasteiger partial charge >= 0.3 is 0 Å². The third-order valence-electron chi connectivity index (χ3n) is 5.39. The summed E-state index contributed by atoms with van der Waals surface area (Å²) in [6.45, 7) is 7.43. The lowest BCUT2D eigenvalue weighted by atomic mass is 9.94. The lowest BCUT2D eigenvalue weighted by Crippen LogP contribution is -1.99. The van der Waals surface area contributed by atoms with Gasteiger partial charge in [-0.3, -0.25) is 4.98 Å². The Labute approximate surface area is 161 Å². The van der Waals surface area contributed by atoms with Crippen molar-refractivity contribution in [2.75, 3.05) is 0 Å². The van der Waals surface area contributed by atoms with Crippen molar-refractivity contribution in [3.05, 3.63) is 89.2 Å². The van der Waals surface area contributed by atoms with Crippen LogP contribution in [0, 0.1) is 6.92 Å². The van der Waals surface area contributed by atoms with Gasteiger partial charge in [-0.25, -0.2) is 0 Å². The largest absolute Gasteiger partial charge is 0.342 e. The molecule has 0 bridgehead atoms. The number of benzene rings is 2. The summed E-state index contributed by atoms with van der Waals surface area (Å²) in [5, 5.41) is 1.25. The van der Waals surface area contributed by atoms with Crippen LogP contribution in [0.25, 0.3) is 22.2 Å². The molecule has 0 aliphatic carbocycles. The molecule has 27 heavy (non-hydrogen) atoms. The van der Waals surface area contributed by atoms with Gasteiger partial charge in [-0.05, 0) is 48.6 Å². The Morgan fingerprint density at radius 3 is 2.26 bits per heavy atom. The Morgan fingerprint density at radius 1 is 0.889 bits per heavy atom. The lowest BCUT2D eigenvalue weighted by Gasteiger charge is -2.13. The van der Waals surface area contributed by atoms with E-state index in [0.29, 0.717) is 0 Å². The average molecular weight is 354 g/mol. The molecule has 4 aromatic rings. The van der Waals surface area contributed by atoms with Crippen molar-refractivity contribution in [1.29, 1.82) is 0 Å². The number of rotatable bonds is 5. The number of pyridine rings is 1. The van der Waals surface area contributed by atoms with Crippen molar-refractivity contribution in [3.63, 3.8) is 0 Å². The molecule has 136 valence electrons. The van der Waals surface area contributed by atoms with Crippen LogP contribution in [0.3, 0.4) is 0 Å². The van der Waals surface area contributed by atoms with E-state index in [1.165, 1.54) is 38.7 Å². The third kappa shape index (κ3) is 3.40. The van der Waals surface area contributed by atoms with Gasteiger partial charge in [0.1, 0.15) is 0 Å². The first kappa shape index (κ1) is 17.5. The highest BCUT2D eigenvalue weighted by atomic mass is 15.0. The minimum absolute atomic E-state index is 0.872. The first-order valence-corrected chi connectivity index (χ1v) is 9.81. The molecule has 2 aromatic carbocycles. The number of hydrogen-bond acceptors (Lipinski definition) is 1. The highest BCUT2D eigenvalue weighted by Gasteiger charge is 2.12. The number of hydrogen-bond donors (Lipinski definition) is 0. The summed E-state index contributed by atoms with van der Waals surface area (Å²) in [6.07, 6.45) is 6.25. The van der Waals surface area contributed by atoms with Crippen LogP contribution in [-0.2, 0) is 19.4 Å². The van der Waals surface area contributed by atoms with Crippen molar-refractivity contribution in [1.82, 2.24) is 9.55 Å². The number of aryl methyl sites for hydroxylation is 3. The van der Waals surface area contributed by atoms with Crippen molar-refractivity contribution in [3.8, 4) is 11.3 Å². The topological polar surface area (TPSA) is 17.8 Å². The highest BCUT2D eigenvalue weighted by molar-refractivity contribution is 5.84. The van der Waals surface area contributed by atoms with E-state index in [4.69, 9.17) is 4.98 Å². The zero-order valence-electron chi connectivity index (χ0n) is 16.4. The second-order valence-corrected chi connectivity index (χ2v) is 7.22. The molecule has 2 heteroatoms. The Bertz CT molecular complexity index is 1050. The molecule has 2 aromatic heterocycles. The Kier molecular flexibility index (Phi) is 4.81.